The summed E-state index contributed by atoms with van der Waals surface area (Å²) in [7, 11) is -0.680. The summed E-state index contributed by atoms with van der Waals surface area (Å²) in [5.74, 6) is -0.0431. The van der Waals surface area contributed by atoms with Crippen LogP contribution < -0.4 is 5.19 Å². The minimum Gasteiger partial charge on any atom is -0.357 e. The van der Waals surface area contributed by atoms with Gasteiger partial charge in [-0.25, -0.2) is 0 Å². The normalized spacial score (nSPS) is 12.6. The summed E-state index contributed by atoms with van der Waals surface area (Å²) >= 11 is 0. The molecule has 0 amide bonds. The first-order valence-electron chi connectivity index (χ1n) is 8.70. The maximum atomic E-state index is 5.82. The number of benzene rings is 4. The Bertz CT molecular complexity index is 958. The number of hydrogen-bond acceptors (Lipinski definition) is 2. The molecule has 0 bridgehead atoms. The Hall–Kier alpha value is -1.94. The minimum atomic E-state index is -0.680. The Morgan fingerprint density at radius 1 is 0.750 bits per heavy atom. The Balaban J connectivity index is 1.90. The highest BCUT2D eigenvalue weighted by Gasteiger charge is 2.15. The van der Waals surface area contributed by atoms with Gasteiger partial charge in [0.05, 0.1) is 0 Å². The van der Waals surface area contributed by atoms with Crippen molar-refractivity contribution in [2.45, 2.75) is 19.8 Å². The SMILES string of the molecule is CCOC(OCC)[SiH2]c1ccc2ccc3cccc4ccc1c2c34. The van der Waals surface area contributed by atoms with E-state index in [2.05, 4.69) is 54.6 Å². The third-order valence-electron chi connectivity index (χ3n) is 4.71. The average molecular weight is 334 g/mol. The molecule has 0 aliphatic rings. The molecule has 0 fully saturated rings. The van der Waals surface area contributed by atoms with Crippen molar-refractivity contribution in [1.29, 1.82) is 0 Å². The van der Waals surface area contributed by atoms with E-state index < -0.39 is 9.52 Å². The maximum Gasteiger partial charge on any atom is 0.139 e. The highest BCUT2D eigenvalue weighted by molar-refractivity contribution is 6.58. The Morgan fingerprint density at radius 3 is 2.00 bits per heavy atom. The number of rotatable bonds is 6. The first kappa shape index (κ1) is 15.6. The molecule has 0 aromatic heterocycles. The summed E-state index contributed by atoms with van der Waals surface area (Å²) in [4.78, 5) is 0. The minimum absolute atomic E-state index is 0.0431. The smallest absolute Gasteiger partial charge is 0.139 e. The fourth-order valence-corrected chi connectivity index (χ4v) is 5.53. The molecule has 0 aliphatic heterocycles. The summed E-state index contributed by atoms with van der Waals surface area (Å²) in [5, 5.41) is 9.51. The van der Waals surface area contributed by atoms with E-state index in [0.29, 0.717) is 13.2 Å². The van der Waals surface area contributed by atoms with Crippen molar-refractivity contribution in [2.24, 2.45) is 0 Å². The van der Waals surface area contributed by atoms with E-state index in [1.165, 1.54) is 37.5 Å². The van der Waals surface area contributed by atoms with Crippen LogP contribution in [0.5, 0.6) is 0 Å². The highest BCUT2D eigenvalue weighted by Crippen LogP contribution is 2.33. The fraction of sp³-hybridized carbons (Fsp3) is 0.238. The van der Waals surface area contributed by atoms with Crippen LogP contribution in [0.1, 0.15) is 13.8 Å². The second kappa shape index (κ2) is 6.52. The standard InChI is InChI=1S/C21H22O2Si/c1-3-22-21(23-4-2)24-18-13-11-16-9-8-14-6-5-7-15-10-12-17(18)20(16)19(14)15/h5-13,21H,3-4,24H2,1-2H3. The van der Waals surface area contributed by atoms with E-state index in [9.17, 15) is 0 Å². The van der Waals surface area contributed by atoms with Crippen molar-refractivity contribution >= 4 is 47.0 Å². The molecular formula is C21H22O2Si. The van der Waals surface area contributed by atoms with E-state index in [-0.39, 0.29) is 5.91 Å². The lowest BCUT2D eigenvalue weighted by molar-refractivity contribution is -0.0817. The van der Waals surface area contributed by atoms with Crippen LogP contribution in [0.25, 0.3) is 32.3 Å². The van der Waals surface area contributed by atoms with Crippen LogP contribution in [0.15, 0.2) is 54.6 Å². The average Bonchev–Trinajstić information content (AvgIpc) is 2.61. The summed E-state index contributed by atoms with van der Waals surface area (Å²) in [6, 6.07) is 20.1. The lowest BCUT2D eigenvalue weighted by Gasteiger charge is -2.19. The second-order valence-electron chi connectivity index (χ2n) is 6.13. The van der Waals surface area contributed by atoms with Crippen molar-refractivity contribution in [3.05, 3.63) is 54.6 Å². The molecule has 4 rings (SSSR count). The van der Waals surface area contributed by atoms with Crippen molar-refractivity contribution in [3.8, 4) is 0 Å². The van der Waals surface area contributed by atoms with Gasteiger partial charge in [-0.2, -0.15) is 0 Å². The third kappa shape index (κ3) is 2.59. The van der Waals surface area contributed by atoms with Gasteiger partial charge in [0.2, 0.25) is 0 Å². The molecule has 4 aromatic rings. The Kier molecular flexibility index (Phi) is 4.23. The van der Waals surface area contributed by atoms with Gasteiger partial charge in [0.15, 0.2) is 0 Å². The summed E-state index contributed by atoms with van der Waals surface area (Å²) in [6.45, 7) is 5.46. The lowest BCUT2D eigenvalue weighted by Crippen LogP contribution is -2.33. The first-order valence-corrected chi connectivity index (χ1v) is 10.2. The first-order chi connectivity index (χ1) is 11.8. The number of ether oxygens (including phenoxy) is 2. The molecule has 0 saturated carbocycles. The van der Waals surface area contributed by atoms with E-state index in [1.54, 1.807) is 0 Å². The molecule has 0 saturated heterocycles. The zero-order valence-electron chi connectivity index (χ0n) is 14.2. The highest BCUT2D eigenvalue weighted by atomic mass is 28.2. The van der Waals surface area contributed by atoms with Crippen molar-refractivity contribution in [2.75, 3.05) is 13.2 Å². The van der Waals surface area contributed by atoms with E-state index in [0.717, 1.165) is 0 Å². The molecule has 122 valence electrons. The largest absolute Gasteiger partial charge is 0.357 e. The zero-order valence-corrected chi connectivity index (χ0v) is 15.6. The molecule has 0 spiro atoms. The number of hydrogen-bond donors (Lipinski definition) is 0. The van der Waals surface area contributed by atoms with Crippen LogP contribution in [0.4, 0.5) is 0 Å². The summed E-state index contributed by atoms with van der Waals surface area (Å²) < 4.78 is 11.6. The van der Waals surface area contributed by atoms with Gasteiger partial charge in [0.25, 0.3) is 0 Å². The van der Waals surface area contributed by atoms with E-state index in [1.807, 2.05) is 13.8 Å². The molecular weight excluding hydrogens is 312 g/mol. The van der Waals surface area contributed by atoms with Gasteiger partial charge in [0.1, 0.15) is 15.4 Å². The molecule has 4 aromatic carbocycles. The van der Waals surface area contributed by atoms with E-state index >= 15 is 0 Å². The van der Waals surface area contributed by atoms with Gasteiger partial charge in [-0.05, 0) is 46.2 Å². The predicted octanol–water partition coefficient (Wildman–Crippen LogP) is 3.73. The molecule has 0 heterocycles. The quantitative estimate of drug-likeness (QED) is 0.304. The topological polar surface area (TPSA) is 18.5 Å². The zero-order chi connectivity index (χ0) is 16.5. The van der Waals surface area contributed by atoms with Crippen molar-refractivity contribution in [3.63, 3.8) is 0 Å². The fourth-order valence-electron chi connectivity index (χ4n) is 3.69. The van der Waals surface area contributed by atoms with Gasteiger partial charge in [-0.15, -0.1) is 0 Å². The van der Waals surface area contributed by atoms with Gasteiger partial charge in [0, 0.05) is 13.2 Å². The Morgan fingerprint density at radius 2 is 1.33 bits per heavy atom. The Labute approximate surface area is 144 Å². The van der Waals surface area contributed by atoms with Crippen molar-refractivity contribution in [1.82, 2.24) is 0 Å². The van der Waals surface area contributed by atoms with Crippen LogP contribution in [-0.4, -0.2) is 28.6 Å². The van der Waals surface area contributed by atoms with E-state index in [4.69, 9.17) is 9.47 Å². The molecule has 0 radical (unpaired) electrons. The van der Waals surface area contributed by atoms with Gasteiger partial charge < -0.3 is 9.47 Å². The van der Waals surface area contributed by atoms with Crippen LogP contribution in [0, 0.1) is 0 Å². The van der Waals surface area contributed by atoms with Crippen molar-refractivity contribution < 1.29 is 9.47 Å². The van der Waals surface area contributed by atoms with Crippen LogP contribution >= 0.6 is 0 Å². The lowest BCUT2D eigenvalue weighted by atomic mass is 9.94. The molecule has 0 N–H and O–H groups in total. The van der Waals surface area contributed by atoms with Gasteiger partial charge >= 0.3 is 0 Å². The predicted molar refractivity (Wildman–Crippen MR) is 105 cm³/mol. The summed E-state index contributed by atoms with van der Waals surface area (Å²) in [6.07, 6.45) is 0. The van der Waals surface area contributed by atoms with Crippen LogP contribution in [0.3, 0.4) is 0 Å². The maximum absolute atomic E-state index is 5.82. The van der Waals surface area contributed by atoms with Gasteiger partial charge in [-0.3, -0.25) is 0 Å². The molecule has 0 atom stereocenters. The monoisotopic (exact) mass is 334 g/mol. The van der Waals surface area contributed by atoms with Crippen LogP contribution in [0.2, 0.25) is 0 Å². The molecule has 0 aliphatic carbocycles. The molecule has 24 heavy (non-hydrogen) atoms. The second-order valence-corrected chi connectivity index (χ2v) is 7.96. The molecule has 0 unspecified atom stereocenters. The van der Waals surface area contributed by atoms with Crippen LogP contribution in [-0.2, 0) is 9.47 Å². The molecule has 3 heteroatoms. The summed E-state index contributed by atoms with van der Waals surface area (Å²) in [5.41, 5.74) is 0. The molecule has 2 nitrogen and oxygen atoms in total. The third-order valence-corrected chi connectivity index (χ3v) is 6.57. The van der Waals surface area contributed by atoms with Gasteiger partial charge in [-0.1, -0.05) is 59.8 Å².